The lowest BCUT2D eigenvalue weighted by Crippen LogP contribution is -2.50. The standard InChI is InChI=1S/C10H10BrNO3/c1-10(9(13)14)5-15-8-4-6(11)2-3-7(8)12-10/h2-4,12H,5H2,1H3,(H,13,14). The van der Waals surface area contributed by atoms with Gasteiger partial charge >= 0.3 is 5.97 Å². The first-order valence-electron chi connectivity index (χ1n) is 4.45. The summed E-state index contributed by atoms with van der Waals surface area (Å²) >= 11 is 3.32. The summed E-state index contributed by atoms with van der Waals surface area (Å²) in [5, 5.41) is 12.0. The molecule has 4 nitrogen and oxygen atoms in total. The fourth-order valence-corrected chi connectivity index (χ4v) is 1.73. The number of ether oxygens (including phenoxy) is 1. The number of aliphatic carboxylic acids is 1. The minimum atomic E-state index is -1.05. The first-order chi connectivity index (χ1) is 7.01. The smallest absolute Gasteiger partial charge is 0.332 e. The van der Waals surface area contributed by atoms with E-state index in [0.29, 0.717) is 11.4 Å². The highest BCUT2D eigenvalue weighted by molar-refractivity contribution is 9.10. The van der Waals surface area contributed by atoms with Crippen LogP contribution in [-0.4, -0.2) is 23.2 Å². The third-order valence-corrected chi connectivity index (χ3v) is 2.84. The Morgan fingerprint density at radius 2 is 2.40 bits per heavy atom. The Labute approximate surface area is 95.4 Å². The monoisotopic (exact) mass is 271 g/mol. The highest BCUT2D eigenvalue weighted by Crippen LogP contribution is 2.34. The third kappa shape index (κ3) is 1.79. The molecular weight excluding hydrogens is 262 g/mol. The van der Waals surface area contributed by atoms with Crippen LogP contribution in [0.1, 0.15) is 6.92 Å². The van der Waals surface area contributed by atoms with E-state index in [0.717, 1.165) is 4.47 Å². The summed E-state index contributed by atoms with van der Waals surface area (Å²) in [6.45, 7) is 1.71. The number of carboxylic acid groups (broad SMARTS) is 1. The van der Waals surface area contributed by atoms with Crippen LogP contribution in [0, 0.1) is 0 Å². The van der Waals surface area contributed by atoms with Gasteiger partial charge in [-0.3, -0.25) is 0 Å². The Kier molecular flexibility index (Phi) is 2.34. The zero-order valence-electron chi connectivity index (χ0n) is 8.08. The molecule has 1 aromatic rings. The second kappa shape index (κ2) is 3.41. The molecule has 1 atom stereocenters. The van der Waals surface area contributed by atoms with Gasteiger partial charge in [0.05, 0.1) is 5.69 Å². The van der Waals surface area contributed by atoms with Gasteiger partial charge in [-0.05, 0) is 25.1 Å². The highest BCUT2D eigenvalue weighted by Gasteiger charge is 2.37. The van der Waals surface area contributed by atoms with Gasteiger partial charge in [-0.1, -0.05) is 15.9 Å². The van der Waals surface area contributed by atoms with Crippen LogP contribution in [0.15, 0.2) is 22.7 Å². The van der Waals surface area contributed by atoms with E-state index in [1.807, 2.05) is 12.1 Å². The molecule has 0 aromatic heterocycles. The SMILES string of the molecule is CC1(C(=O)O)COc2cc(Br)ccc2N1. The van der Waals surface area contributed by atoms with Crippen LogP contribution >= 0.6 is 15.9 Å². The Morgan fingerprint density at radius 1 is 1.67 bits per heavy atom. The van der Waals surface area contributed by atoms with Gasteiger partial charge in [0.25, 0.3) is 0 Å². The van der Waals surface area contributed by atoms with Crippen molar-refractivity contribution in [3.05, 3.63) is 22.7 Å². The normalized spacial score (nSPS) is 23.6. The molecule has 5 heteroatoms. The van der Waals surface area contributed by atoms with Crippen molar-refractivity contribution in [2.75, 3.05) is 11.9 Å². The molecule has 2 N–H and O–H groups in total. The van der Waals surface area contributed by atoms with Crippen molar-refractivity contribution in [3.8, 4) is 5.75 Å². The Morgan fingerprint density at radius 3 is 3.07 bits per heavy atom. The van der Waals surface area contributed by atoms with E-state index in [1.165, 1.54) is 0 Å². The van der Waals surface area contributed by atoms with Crippen molar-refractivity contribution < 1.29 is 14.6 Å². The van der Waals surface area contributed by atoms with Gasteiger partial charge in [-0.25, -0.2) is 4.79 Å². The van der Waals surface area contributed by atoms with Crippen molar-refractivity contribution in [3.63, 3.8) is 0 Å². The van der Waals surface area contributed by atoms with Crippen LogP contribution in [0.5, 0.6) is 5.75 Å². The molecule has 80 valence electrons. The number of rotatable bonds is 1. The summed E-state index contributed by atoms with van der Waals surface area (Å²) in [7, 11) is 0. The van der Waals surface area contributed by atoms with Gasteiger partial charge in [-0.15, -0.1) is 0 Å². The van der Waals surface area contributed by atoms with Crippen LogP contribution in [0.2, 0.25) is 0 Å². The number of halogens is 1. The number of benzene rings is 1. The fourth-order valence-electron chi connectivity index (χ4n) is 1.39. The number of carboxylic acids is 1. The molecule has 0 spiro atoms. The quantitative estimate of drug-likeness (QED) is 0.822. The van der Waals surface area contributed by atoms with Crippen molar-refractivity contribution in [2.45, 2.75) is 12.5 Å². The van der Waals surface area contributed by atoms with Gasteiger partial charge in [0, 0.05) is 4.47 Å². The number of anilines is 1. The van der Waals surface area contributed by atoms with Crippen molar-refractivity contribution in [2.24, 2.45) is 0 Å². The molecule has 0 fully saturated rings. The van der Waals surface area contributed by atoms with Crippen LogP contribution in [0.4, 0.5) is 5.69 Å². The Bertz CT molecular complexity index is 421. The molecule has 1 aromatic carbocycles. The molecule has 0 bridgehead atoms. The molecule has 0 saturated carbocycles. The van der Waals surface area contributed by atoms with Gasteiger partial charge < -0.3 is 15.2 Å². The van der Waals surface area contributed by atoms with E-state index in [2.05, 4.69) is 21.2 Å². The molecule has 1 heterocycles. The average Bonchev–Trinajstić information content (AvgIpc) is 2.18. The van der Waals surface area contributed by atoms with E-state index in [-0.39, 0.29) is 6.61 Å². The van der Waals surface area contributed by atoms with Crippen molar-refractivity contribution in [1.82, 2.24) is 0 Å². The second-order valence-corrected chi connectivity index (χ2v) is 4.61. The number of nitrogens with one attached hydrogen (secondary N) is 1. The molecule has 0 aliphatic carbocycles. The predicted molar refractivity (Wildman–Crippen MR) is 59.3 cm³/mol. The largest absolute Gasteiger partial charge is 0.488 e. The Balaban J connectivity index is 2.35. The lowest BCUT2D eigenvalue weighted by Gasteiger charge is -2.33. The predicted octanol–water partition coefficient (Wildman–Crippen LogP) is 2.10. The highest BCUT2D eigenvalue weighted by atomic mass is 79.9. The summed E-state index contributed by atoms with van der Waals surface area (Å²) in [5.74, 6) is -0.251. The Hall–Kier alpha value is -1.23. The molecule has 0 saturated heterocycles. The summed E-state index contributed by atoms with van der Waals surface area (Å²) in [4.78, 5) is 11.0. The van der Waals surface area contributed by atoms with Gasteiger partial charge in [0.2, 0.25) is 0 Å². The first kappa shape index (κ1) is 10.3. The van der Waals surface area contributed by atoms with E-state index in [4.69, 9.17) is 9.84 Å². The number of hydrogen-bond acceptors (Lipinski definition) is 3. The molecule has 0 amide bonds. The summed E-state index contributed by atoms with van der Waals surface area (Å²) in [6, 6.07) is 5.44. The minimum Gasteiger partial charge on any atom is -0.488 e. The van der Waals surface area contributed by atoms with Crippen LogP contribution in [0.3, 0.4) is 0 Å². The number of fused-ring (bicyclic) bond motifs is 1. The van der Waals surface area contributed by atoms with Crippen molar-refractivity contribution >= 4 is 27.6 Å². The number of hydrogen-bond donors (Lipinski definition) is 2. The van der Waals surface area contributed by atoms with Gasteiger partial charge in [0.15, 0.2) is 5.54 Å². The average molecular weight is 272 g/mol. The van der Waals surface area contributed by atoms with Crippen molar-refractivity contribution in [1.29, 1.82) is 0 Å². The molecule has 2 rings (SSSR count). The maximum atomic E-state index is 11.0. The van der Waals surface area contributed by atoms with Crippen LogP contribution < -0.4 is 10.1 Å². The third-order valence-electron chi connectivity index (χ3n) is 2.34. The topological polar surface area (TPSA) is 58.6 Å². The first-order valence-corrected chi connectivity index (χ1v) is 5.24. The fraction of sp³-hybridized carbons (Fsp3) is 0.300. The molecule has 0 radical (unpaired) electrons. The molecule has 1 unspecified atom stereocenters. The van der Waals surface area contributed by atoms with E-state index in [1.54, 1.807) is 13.0 Å². The van der Waals surface area contributed by atoms with E-state index in [9.17, 15) is 4.79 Å². The lowest BCUT2D eigenvalue weighted by atomic mass is 10.0. The summed E-state index contributed by atoms with van der Waals surface area (Å²) in [5.41, 5.74) is -0.352. The minimum absolute atomic E-state index is 0.117. The number of carbonyl (C=O) groups is 1. The second-order valence-electron chi connectivity index (χ2n) is 3.69. The zero-order valence-corrected chi connectivity index (χ0v) is 9.67. The van der Waals surface area contributed by atoms with Crippen LogP contribution in [-0.2, 0) is 4.79 Å². The lowest BCUT2D eigenvalue weighted by molar-refractivity contribution is -0.143. The van der Waals surface area contributed by atoms with Gasteiger partial charge in [0.1, 0.15) is 12.4 Å². The summed E-state index contributed by atoms with van der Waals surface area (Å²) in [6.07, 6.45) is 0. The zero-order chi connectivity index (χ0) is 11.1. The van der Waals surface area contributed by atoms with Gasteiger partial charge in [-0.2, -0.15) is 0 Å². The molecule has 15 heavy (non-hydrogen) atoms. The van der Waals surface area contributed by atoms with Crippen LogP contribution in [0.25, 0.3) is 0 Å². The maximum absolute atomic E-state index is 11.0. The molecule has 1 aliphatic heterocycles. The maximum Gasteiger partial charge on any atom is 0.332 e. The molecule has 1 aliphatic rings. The molecular formula is C10H10BrNO3. The summed E-state index contributed by atoms with van der Waals surface area (Å²) < 4.78 is 6.31. The van der Waals surface area contributed by atoms with E-state index >= 15 is 0 Å². The van der Waals surface area contributed by atoms with E-state index < -0.39 is 11.5 Å².